The number of fused-ring (bicyclic) bond motifs is 1. The summed E-state index contributed by atoms with van der Waals surface area (Å²) in [7, 11) is 1.63. The minimum absolute atomic E-state index is 0.125. The number of carbonyl (C=O) groups is 2. The van der Waals surface area contributed by atoms with E-state index in [0.717, 1.165) is 0 Å². The van der Waals surface area contributed by atoms with E-state index in [-0.39, 0.29) is 11.5 Å². The van der Waals surface area contributed by atoms with Crippen molar-refractivity contribution in [2.45, 2.75) is 26.4 Å². The molecule has 1 heterocycles. The molecule has 0 fully saturated rings. The van der Waals surface area contributed by atoms with Gasteiger partial charge in [-0.05, 0) is 32.9 Å². The molecule has 0 aliphatic rings. The van der Waals surface area contributed by atoms with Crippen LogP contribution in [0.5, 0.6) is 0 Å². The molecule has 2 rings (SSSR count). The lowest BCUT2D eigenvalue weighted by Crippen LogP contribution is -2.28. The van der Waals surface area contributed by atoms with Crippen molar-refractivity contribution in [2.75, 3.05) is 5.32 Å². The first-order valence-corrected chi connectivity index (χ1v) is 6.38. The molecule has 0 radical (unpaired) electrons. The van der Waals surface area contributed by atoms with Crippen molar-refractivity contribution >= 4 is 29.0 Å². The Morgan fingerprint density at radius 3 is 2.57 bits per heavy atom. The van der Waals surface area contributed by atoms with Gasteiger partial charge in [-0.3, -0.25) is 5.32 Å². The third kappa shape index (κ3) is 3.13. The number of carbonyl (C=O) groups excluding carboxylic acids is 1. The van der Waals surface area contributed by atoms with Crippen LogP contribution in [0.1, 0.15) is 31.1 Å². The van der Waals surface area contributed by atoms with Gasteiger partial charge >= 0.3 is 12.1 Å². The smallest absolute Gasteiger partial charge is 0.414 e. The second-order valence-corrected chi connectivity index (χ2v) is 5.60. The van der Waals surface area contributed by atoms with Crippen molar-refractivity contribution in [3.8, 4) is 0 Å². The molecule has 0 spiro atoms. The lowest BCUT2D eigenvalue weighted by Gasteiger charge is -2.19. The number of anilines is 1. The molecule has 1 aromatic heterocycles. The summed E-state index contributed by atoms with van der Waals surface area (Å²) in [6, 6.07) is 4.78. The molecular weight excluding hydrogens is 274 g/mol. The first kappa shape index (κ1) is 14.8. The maximum absolute atomic E-state index is 11.8. The molecule has 0 unspecified atom stereocenters. The van der Waals surface area contributed by atoms with Gasteiger partial charge in [-0.1, -0.05) is 6.07 Å². The maximum Gasteiger partial charge on any atom is 0.414 e. The predicted octanol–water partition coefficient (Wildman–Crippen LogP) is 2.62. The number of hydrogen-bond donors (Lipinski definition) is 2. The number of aromatic nitrogens is 2. The molecular formula is C14H17N3O4. The fourth-order valence-corrected chi connectivity index (χ4v) is 1.95. The summed E-state index contributed by atoms with van der Waals surface area (Å²) in [6.07, 6.45) is -0.641. The Balaban J connectivity index is 2.39. The molecule has 7 nitrogen and oxygen atoms in total. The number of nitrogens with one attached hydrogen (secondary N) is 1. The summed E-state index contributed by atoms with van der Waals surface area (Å²) >= 11 is 0. The SMILES string of the molecule is Cn1c(NC(=O)OC(C)(C)C)nc2cccc(C(=O)O)c21. The van der Waals surface area contributed by atoms with Gasteiger partial charge in [-0.15, -0.1) is 0 Å². The molecule has 0 saturated heterocycles. The summed E-state index contributed by atoms with van der Waals surface area (Å²) in [4.78, 5) is 27.2. The number of nitrogens with zero attached hydrogens (tertiary/aromatic N) is 2. The van der Waals surface area contributed by atoms with Gasteiger partial charge in [0.05, 0.1) is 16.6 Å². The molecule has 2 N–H and O–H groups in total. The van der Waals surface area contributed by atoms with Gasteiger partial charge in [0.25, 0.3) is 0 Å². The molecule has 0 atom stereocenters. The van der Waals surface area contributed by atoms with Crippen molar-refractivity contribution in [3.05, 3.63) is 23.8 Å². The Hall–Kier alpha value is -2.57. The van der Waals surface area contributed by atoms with Crippen LogP contribution >= 0.6 is 0 Å². The zero-order chi connectivity index (χ0) is 15.8. The number of hydrogen-bond acceptors (Lipinski definition) is 4. The molecule has 0 bridgehead atoms. The van der Waals surface area contributed by atoms with E-state index in [4.69, 9.17) is 4.74 Å². The topological polar surface area (TPSA) is 93.5 Å². The molecule has 0 aliphatic carbocycles. The Morgan fingerprint density at radius 1 is 1.33 bits per heavy atom. The highest BCUT2D eigenvalue weighted by Crippen LogP contribution is 2.22. The number of aryl methyl sites for hydroxylation is 1. The van der Waals surface area contributed by atoms with E-state index in [0.29, 0.717) is 11.0 Å². The largest absolute Gasteiger partial charge is 0.478 e. The quantitative estimate of drug-likeness (QED) is 0.887. The van der Waals surface area contributed by atoms with Crippen molar-refractivity contribution in [2.24, 2.45) is 7.05 Å². The van der Waals surface area contributed by atoms with E-state index in [1.807, 2.05) is 0 Å². The average Bonchev–Trinajstić information content (AvgIpc) is 2.63. The highest BCUT2D eigenvalue weighted by atomic mass is 16.6. The van der Waals surface area contributed by atoms with Gasteiger partial charge in [0.2, 0.25) is 5.95 Å². The first-order valence-electron chi connectivity index (χ1n) is 6.38. The summed E-state index contributed by atoms with van der Waals surface area (Å²) in [5.74, 6) is -0.819. The normalized spacial score (nSPS) is 11.4. The van der Waals surface area contributed by atoms with Crippen LogP contribution in [0.3, 0.4) is 0 Å². The van der Waals surface area contributed by atoms with Crippen LogP contribution in [-0.2, 0) is 11.8 Å². The van der Waals surface area contributed by atoms with Gasteiger partial charge in [-0.25, -0.2) is 14.6 Å². The molecule has 21 heavy (non-hydrogen) atoms. The van der Waals surface area contributed by atoms with Crippen LogP contribution in [0.4, 0.5) is 10.7 Å². The average molecular weight is 291 g/mol. The third-order valence-corrected chi connectivity index (χ3v) is 2.74. The van der Waals surface area contributed by atoms with Crippen molar-refractivity contribution < 1.29 is 19.4 Å². The number of para-hydroxylation sites is 1. The van der Waals surface area contributed by atoms with Crippen LogP contribution in [0, 0.1) is 0 Å². The summed E-state index contributed by atoms with van der Waals surface area (Å²) in [6.45, 7) is 5.26. The summed E-state index contributed by atoms with van der Waals surface area (Å²) in [5.41, 5.74) is 0.431. The van der Waals surface area contributed by atoms with Crippen LogP contribution in [-0.4, -0.2) is 32.3 Å². The summed E-state index contributed by atoms with van der Waals surface area (Å²) in [5, 5.41) is 11.7. The van der Waals surface area contributed by atoms with Crippen LogP contribution in [0.2, 0.25) is 0 Å². The second kappa shape index (κ2) is 5.08. The number of imidazole rings is 1. The van der Waals surface area contributed by atoms with Crippen LogP contribution < -0.4 is 5.32 Å². The minimum atomic E-state index is -1.05. The lowest BCUT2D eigenvalue weighted by molar-refractivity contribution is 0.0632. The minimum Gasteiger partial charge on any atom is -0.478 e. The zero-order valence-electron chi connectivity index (χ0n) is 12.3. The van der Waals surface area contributed by atoms with Gasteiger partial charge in [0.15, 0.2) is 0 Å². The molecule has 7 heteroatoms. The van der Waals surface area contributed by atoms with E-state index in [1.165, 1.54) is 10.6 Å². The Morgan fingerprint density at radius 2 is 2.00 bits per heavy atom. The number of amides is 1. The Labute approximate surface area is 121 Å². The van der Waals surface area contributed by atoms with E-state index >= 15 is 0 Å². The van der Waals surface area contributed by atoms with Gasteiger partial charge in [0.1, 0.15) is 5.60 Å². The van der Waals surface area contributed by atoms with Crippen molar-refractivity contribution in [3.63, 3.8) is 0 Å². The van der Waals surface area contributed by atoms with Gasteiger partial charge in [0, 0.05) is 7.05 Å². The van der Waals surface area contributed by atoms with Gasteiger partial charge < -0.3 is 14.4 Å². The van der Waals surface area contributed by atoms with E-state index in [1.54, 1.807) is 40.0 Å². The molecule has 112 valence electrons. The molecule has 2 aromatic rings. The molecule has 1 amide bonds. The van der Waals surface area contributed by atoms with Crippen LogP contribution in [0.15, 0.2) is 18.2 Å². The number of ether oxygens (including phenoxy) is 1. The predicted molar refractivity (Wildman–Crippen MR) is 77.5 cm³/mol. The summed E-state index contributed by atoms with van der Waals surface area (Å²) < 4.78 is 6.67. The fraction of sp³-hybridized carbons (Fsp3) is 0.357. The zero-order valence-corrected chi connectivity index (χ0v) is 12.3. The number of aromatic carboxylic acids is 1. The number of carboxylic acid groups (broad SMARTS) is 1. The molecule has 0 saturated carbocycles. The first-order chi connectivity index (χ1) is 9.69. The second-order valence-electron chi connectivity index (χ2n) is 5.60. The molecule has 1 aromatic carbocycles. The Kier molecular flexibility index (Phi) is 3.59. The van der Waals surface area contributed by atoms with E-state index in [2.05, 4.69) is 10.3 Å². The standard InChI is InChI=1S/C14H17N3O4/c1-14(2,3)21-13(20)16-12-15-9-7-5-6-8(11(18)19)10(9)17(12)4/h5-7H,1-4H3,(H,18,19)(H,15,16,20). The maximum atomic E-state index is 11.8. The highest BCUT2D eigenvalue weighted by molar-refractivity contribution is 6.02. The van der Waals surface area contributed by atoms with Crippen LogP contribution in [0.25, 0.3) is 11.0 Å². The van der Waals surface area contributed by atoms with E-state index in [9.17, 15) is 14.7 Å². The van der Waals surface area contributed by atoms with Crippen molar-refractivity contribution in [1.29, 1.82) is 0 Å². The molecule has 0 aliphatic heterocycles. The highest BCUT2D eigenvalue weighted by Gasteiger charge is 2.20. The number of rotatable bonds is 2. The number of benzene rings is 1. The fourth-order valence-electron chi connectivity index (χ4n) is 1.95. The Bertz CT molecular complexity index is 713. The lowest BCUT2D eigenvalue weighted by atomic mass is 10.2. The van der Waals surface area contributed by atoms with Gasteiger partial charge in [-0.2, -0.15) is 0 Å². The van der Waals surface area contributed by atoms with Crippen molar-refractivity contribution in [1.82, 2.24) is 9.55 Å². The number of carboxylic acids is 1. The van der Waals surface area contributed by atoms with E-state index < -0.39 is 17.7 Å². The third-order valence-electron chi connectivity index (χ3n) is 2.74. The monoisotopic (exact) mass is 291 g/mol.